The Bertz CT molecular complexity index is 1390. The van der Waals surface area contributed by atoms with Crippen LogP contribution >= 0.6 is 34.4 Å². The van der Waals surface area contributed by atoms with Crippen LogP contribution in [0.15, 0.2) is 71.0 Å². The minimum atomic E-state index is -0.151. The Morgan fingerprint density at radius 1 is 1.14 bits per heavy atom. The molecule has 0 radical (unpaired) electrons. The molecule has 3 aromatic heterocycles. The maximum Gasteiger partial charge on any atom is 0.271 e. The number of hydrogen-bond donors (Lipinski definition) is 1. The van der Waals surface area contributed by atoms with Gasteiger partial charge in [0.25, 0.3) is 11.8 Å². The van der Waals surface area contributed by atoms with E-state index in [4.69, 9.17) is 0 Å². The number of pyridine rings is 1. The molecule has 0 aliphatic carbocycles. The third-order valence-electron chi connectivity index (χ3n) is 6.23. The summed E-state index contributed by atoms with van der Waals surface area (Å²) in [7, 11) is 0. The van der Waals surface area contributed by atoms with E-state index in [0.717, 1.165) is 28.4 Å². The molecule has 5 rings (SSSR count). The van der Waals surface area contributed by atoms with Crippen LogP contribution in [0.3, 0.4) is 0 Å². The number of likely N-dealkylation sites (tertiary alicyclic amines) is 1. The molecule has 9 heteroatoms. The number of rotatable bonds is 8. The van der Waals surface area contributed by atoms with Gasteiger partial charge in [-0.05, 0) is 47.4 Å². The van der Waals surface area contributed by atoms with Gasteiger partial charge < -0.3 is 10.2 Å². The van der Waals surface area contributed by atoms with Gasteiger partial charge in [-0.15, -0.1) is 41.0 Å². The first-order valence-corrected chi connectivity index (χ1v) is 14.5. The van der Waals surface area contributed by atoms with E-state index in [2.05, 4.69) is 39.4 Å². The normalized spacial score (nSPS) is 14.2. The lowest BCUT2D eigenvalue weighted by molar-refractivity contribution is 0.0708. The van der Waals surface area contributed by atoms with E-state index in [1.54, 1.807) is 23.6 Å². The summed E-state index contributed by atoms with van der Waals surface area (Å²) in [6.45, 7) is 5.56. The Labute approximate surface area is 222 Å². The Morgan fingerprint density at radius 2 is 1.97 bits per heavy atom. The summed E-state index contributed by atoms with van der Waals surface area (Å²) >= 11 is 4.74. The Morgan fingerprint density at radius 3 is 2.81 bits per heavy atom. The summed E-state index contributed by atoms with van der Waals surface area (Å²) in [5, 5.41) is 9.85. The van der Waals surface area contributed by atoms with Crippen molar-refractivity contribution in [2.45, 2.75) is 30.3 Å². The fourth-order valence-electron chi connectivity index (χ4n) is 4.32. The van der Waals surface area contributed by atoms with Crippen LogP contribution in [0.2, 0.25) is 0 Å². The number of thioether (sulfide) groups is 1. The zero-order chi connectivity index (χ0) is 24.9. The minimum absolute atomic E-state index is 0.0215. The van der Waals surface area contributed by atoms with Crippen LogP contribution in [-0.4, -0.2) is 45.5 Å². The third-order valence-corrected chi connectivity index (χ3v) is 9.25. The Balaban J connectivity index is 1.17. The molecule has 1 aromatic carbocycles. The van der Waals surface area contributed by atoms with Crippen molar-refractivity contribution < 1.29 is 9.59 Å². The lowest BCUT2D eigenvalue weighted by Gasteiger charge is -2.31. The van der Waals surface area contributed by atoms with Crippen LogP contribution in [0.1, 0.15) is 50.2 Å². The average molecular weight is 535 g/mol. The first-order chi connectivity index (χ1) is 17.6. The molecule has 0 bridgehead atoms. The van der Waals surface area contributed by atoms with Crippen molar-refractivity contribution in [2.24, 2.45) is 0 Å². The summed E-state index contributed by atoms with van der Waals surface area (Å²) < 4.78 is 1.22. The van der Waals surface area contributed by atoms with Gasteiger partial charge in [-0.2, -0.15) is 0 Å². The van der Waals surface area contributed by atoms with Gasteiger partial charge in [-0.3, -0.25) is 9.59 Å². The molecule has 0 unspecified atom stereocenters. The lowest BCUT2D eigenvalue weighted by Crippen LogP contribution is -2.38. The molecule has 184 valence electrons. The van der Waals surface area contributed by atoms with E-state index in [1.165, 1.54) is 33.2 Å². The molecule has 6 nitrogen and oxygen atoms in total. The van der Waals surface area contributed by atoms with Crippen molar-refractivity contribution in [3.8, 4) is 0 Å². The van der Waals surface area contributed by atoms with Crippen molar-refractivity contribution in [3.05, 3.63) is 87.8 Å². The number of thiophene rings is 1. The molecule has 4 aromatic rings. The standard InChI is InChI=1S/C27H26N4O2S3/c1-2-14-34-26-21(7-5-11-28-26)27(33)31-12-9-18(10-13-31)25-30-22(17-36-25)24(32)29-15-19-16-35-23-8-4-3-6-20(19)23/h2-8,11,16-18H,1,9-10,12-15H2,(H,29,32). The van der Waals surface area contributed by atoms with E-state index < -0.39 is 0 Å². The fraction of sp³-hybridized carbons (Fsp3) is 0.259. The summed E-state index contributed by atoms with van der Waals surface area (Å²) in [6.07, 6.45) is 5.19. The van der Waals surface area contributed by atoms with E-state index in [1.807, 2.05) is 34.6 Å². The lowest BCUT2D eigenvalue weighted by atomic mass is 9.97. The molecule has 4 heterocycles. The fourth-order valence-corrected chi connectivity index (χ4v) is 6.98. The van der Waals surface area contributed by atoms with Crippen LogP contribution < -0.4 is 5.32 Å². The van der Waals surface area contributed by atoms with Gasteiger partial charge >= 0.3 is 0 Å². The van der Waals surface area contributed by atoms with E-state index in [9.17, 15) is 9.59 Å². The van der Waals surface area contributed by atoms with E-state index in [0.29, 0.717) is 36.6 Å². The molecule has 0 atom stereocenters. The summed E-state index contributed by atoms with van der Waals surface area (Å²) in [5.74, 6) is 0.836. The van der Waals surface area contributed by atoms with Crippen molar-refractivity contribution >= 4 is 56.3 Å². The second kappa shape index (κ2) is 11.4. The highest BCUT2D eigenvalue weighted by atomic mass is 32.2. The van der Waals surface area contributed by atoms with Gasteiger partial charge in [-0.25, -0.2) is 9.97 Å². The number of nitrogens with one attached hydrogen (secondary N) is 1. The van der Waals surface area contributed by atoms with Gasteiger partial charge in [0.15, 0.2) is 0 Å². The van der Waals surface area contributed by atoms with Crippen molar-refractivity contribution in [1.82, 2.24) is 20.2 Å². The number of hydrogen-bond acceptors (Lipinski definition) is 7. The van der Waals surface area contributed by atoms with Gasteiger partial charge in [-0.1, -0.05) is 24.3 Å². The van der Waals surface area contributed by atoms with Gasteiger partial charge in [0.2, 0.25) is 0 Å². The number of aromatic nitrogens is 2. The molecular weight excluding hydrogens is 509 g/mol. The zero-order valence-corrected chi connectivity index (χ0v) is 22.1. The van der Waals surface area contributed by atoms with Crippen molar-refractivity contribution in [3.63, 3.8) is 0 Å². The van der Waals surface area contributed by atoms with Gasteiger partial charge in [0, 0.05) is 47.6 Å². The minimum Gasteiger partial charge on any atom is -0.347 e. The van der Waals surface area contributed by atoms with Gasteiger partial charge in [0.1, 0.15) is 10.7 Å². The first kappa shape index (κ1) is 24.7. The van der Waals surface area contributed by atoms with Crippen LogP contribution in [0, 0.1) is 0 Å². The highest BCUT2D eigenvalue weighted by molar-refractivity contribution is 7.99. The molecule has 1 N–H and O–H groups in total. The Kier molecular flexibility index (Phi) is 7.79. The third kappa shape index (κ3) is 5.38. The zero-order valence-electron chi connectivity index (χ0n) is 19.7. The van der Waals surface area contributed by atoms with E-state index in [-0.39, 0.29) is 17.7 Å². The van der Waals surface area contributed by atoms with Crippen LogP contribution in [-0.2, 0) is 6.54 Å². The molecule has 1 fully saturated rings. The van der Waals surface area contributed by atoms with Crippen LogP contribution in [0.5, 0.6) is 0 Å². The Hall–Kier alpha value is -3.01. The second-order valence-electron chi connectivity index (χ2n) is 8.53. The summed E-state index contributed by atoms with van der Waals surface area (Å²) in [5.41, 5.74) is 2.23. The first-order valence-electron chi connectivity index (χ1n) is 11.8. The molecule has 1 saturated heterocycles. The number of amides is 2. The van der Waals surface area contributed by atoms with Crippen molar-refractivity contribution in [1.29, 1.82) is 0 Å². The number of fused-ring (bicyclic) bond motifs is 1. The van der Waals surface area contributed by atoms with E-state index >= 15 is 0 Å². The topological polar surface area (TPSA) is 75.2 Å². The number of piperidine rings is 1. The molecule has 36 heavy (non-hydrogen) atoms. The molecule has 1 aliphatic rings. The quantitative estimate of drug-likeness (QED) is 0.222. The number of thiazole rings is 1. The van der Waals surface area contributed by atoms with Crippen LogP contribution in [0.25, 0.3) is 10.1 Å². The number of carbonyl (C=O) groups is 2. The van der Waals surface area contributed by atoms with Crippen molar-refractivity contribution in [2.75, 3.05) is 18.8 Å². The predicted molar refractivity (Wildman–Crippen MR) is 148 cm³/mol. The monoisotopic (exact) mass is 534 g/mol. The molecule has 0 spiro atoms. The number of carbonyl (C=O) groups excluding carboxylic acids is 2. The SMILES string of the molecule is C=CCSc1ncccc1C(=O)N1CCC(c2nc(C(=O)NCc3csc4ccccc34)cs2)CC1. The molecule has 1 aliphatic heterocycles. The average Bonchev–Trinajstić information content (AvgIpc) is 3.58. The molecule has 2 amide bonds. The largest absolute Gasteiger partial charge is 0.347 e. The number of nitrogens with zero attached hydrogens (tertiary/aromatic N) is 3. The summed E-state index contributed by atoms with van der Waals surface area (Å²) in [6, 6.07) is 11.9. The highest BCUT2D eigenvalue weighted by Crippen LogP contribution is 2.32. The maximum atomic E-state index is 13.2. The smallest absolute Gasteiger partial charge is 0.271 e. The second-order valence-corrected chi connectivity index (χ2v) is 11.3. The number of benzene rings is 1. The molecular formula is C27H26N4O2S3. The summed E-state index contributed by atoms with van der Waals surface area (Å²) in [4.78, 5) is 36.8. The van der Waals surface area contributed by atoms with Gasteiger partial charge in [0.05, 0.1) is 10.6 Å². The maximum absolute atomic E-state index is 13.2. The molecule has 0 saturated carbocycles. The highest BCUT2D eigenvalue weighted by Gasteiger charge is 2.28. The van der Waals surface area contributed by atoms with Crippen LogP contribution in [0.4, 0.5) is 0 Å². The predicted octanol–water partition coefficient (Wildman–Crippen LogP) is 5.98.